The monoisotopic (exact) mass is 198 g/mol. The van der Waals surface area contributed by atoms with Crippen LogP contribution in [-0.2, 0) is 38.3 Å². The molecule has 0 spiro atoms. The second-order valence-corrected chi connectivity index (χ2v) is 0.750. The molecule has 0 heterocycles. The summed E-state index contributed by atoms with van der Waals surface area (Å²) in [5.74, 6) is 0. The van der Waals surface area contributed by atoms with Gasteiger partial charge in [-0.15, -0.1) is 0 Å². The van der Waals surface area contributed by atoms with Gasteiger partial charge in [-0.2, -0.15) is 0 Å². The largest absolute Gasteiger partial charge is 2.00 e. The molecule has 0 rings (SSSR count). The van der Waals surface area contributed by atoms with Gasteiger partial charge >= 0.3 is 35.6 Å². The minimum Gasteiger partial charge on any atom is -1.00 e. The maximum absolute atomic E-state index is 8.52. The van der Waals surface area contributed by atoms with Gasteiger partial charge in [0.2, 0.25) is 0 Å². The quantitative estimate of drug-likeness (QED) is 0.364. The summed E-state index contributed by atoms with van der Waals surface area (Å²) in [6.07, 6.45) is 0. The Hall–Kier alpha value is 1.24. The van der Waals surface area contributed by atoms with Crippen molar-refractivity contribution < 1.29 is 68.2 Å². The summed E-state index contributed by atoms with van der Waals surface area (Å²) in [5, 5.41) is 0. The average Bonchev–Trinajstić information content (AvgIpc) is 0.811. The second-order valence-electron chi connectivity index (χ2n) is 0.250. The molecule has 0 aliphatic rings. The Balaban J connectivity index is -0.00000000750. The Labute approximate surface area is 77.1 Å². The summed E-state index contributed by atoms with van der Waals surface area (Å²) in [6.45, 7) is 0. The van der Waals surface area contributed by atoms with Gasteiger partial charge in [-0.05, 0) is 0 Å². The topological polar surface area (TPSA) is 63.2 Å². The van der Waals surface area contributed by atoms with Crippen molar-refractivity contribution in [3.63, 3.8) is 0 Å². The van der Waals surface area contributed by atoms with Crippen molar-refractivity contribution in [1.82, 2.24) is 0 Å². The fourth-order valence-corrected chi connectivity index (χ4v) is 0. The van der Waals surface area contributed by atoms with E-state index in [-0.39, 0.29) is 54.1 Å². The molecule has 0 saturated heterocycles. The van der Waals surface area contributed by atoms with Crippen LogP contribution in [0.15, 0.2) is 0 Å². The van der Waals surface area contributed by atoms with Gasteiger partial charge in [-0.3, -0.25) is 0 Å². The minimum absolute atomic E-state index is 0. The molecule has 0 saturated carbocycles. The molecule has 0 aromatic heterocycles. The Morgan fingerprint density at radius 2 is 1.43 bits per heavy atom. The molecule has 0 atom stereocenters. The van der Waals surface area contributed by atoms with E-state index in [0.717, 1.165) is 0 Å². The molecule has 0 bridgehead atoms. The molecule has 0 fully saturated rings. The van der Waals surface area contributed by atoms with Gasteiger partial charge in [0.25, 0.3) is 0 Å². The third-order valence-electron chi connectivity index (χ3n) is 0. The van der Waals surface area contributed by atoms with Crippen LogP contribution in [0.5, 0.6) is 0 Å². The molecule has 0 N–H and O–H groups in total. The smallest absolute Gasteiger partial charge is 1.00 e. The van der Waals surface area contributed by atoms with Crippen LogP contribution in [0.2, 0.25) is 0 Å². The zero-order valence-corrected chi connectivity index (χ0v) is 6.66. The van der Waals surface area contributed by atoms with Crippen LogP contribution in [0.4, 0.5) is 0 Å². The first-order chi connectivity index (χ1) is 1.73. The van der Waals surface area contributed by atoms with E-state index in [1.54, 1.807) is 0 Å². The second kappa shape index (κ2) is 15.7. The summed E-state index contributed by atoms with van der Waals surface area (Å²) < 4.78 is 8.52. The standard InChI is InChI=1S/Co.Li.Mn.O3Si.H/c;;;1-4(2)3;/q+2;+1;;-2;-1. The van der Waals surface area contributed by atoms with Crippen molar-refractivity contribution >= 4 is 9.17 Å². The van der Waals surface area contributed by atoms with Gasteiger partial charge in [0.05, 0.1) is 0 Å². The Morgan fingerprint density at radius 3 is 1.43 bits per heavy atom. The normalized spacial score (nSPS) is 3.43. The molecule has 0 aliphatic heterocycles. The maximum Gasteiger partial charge on any atom is 2.00 e. The summed E-state index contributed by atoms with van der Waals surface area (Å²) >= 11 is 0. The summed E-state index contributed by atoms with van der Waals surface area (Å²) in [4.78, 5) is 17.0. The maximum atomic E-state index is 8.52. The predicted octanol–water partition coefficient (Wildman–Crippen LogP) is -5.77. The van der Waals surface area contributed by atoms with E-state index in [4.69, 9.17) is 14.1 Å². The third-order valence-corrected chi connectivity index (χ3v) is 0. The Morgan fingerprint density at radius 1 is 1.43 bits per heavy atom. The number of rotatable bonds is 0. The van der Waals surface area contributed by atoms with Gasteiger partial charge in [0.15, 0.2) is 0 Å². The average molecular weight is 198 g/mol. The Kier molecular flexibility index (Phi) is 53.8. The van der Waals surface area contributed by atoms with Gasteiger partial charge < -0.3 is 15.5 Å². The molecule has 0 unspecified atom stereocenters. The summed E-state index contributed by atoms with van der Waals surface area (Å²) in [6, 6.07) is 0. The number of hydrogen-bond acceptors (Lipinski definition) is 3. The van der Waals surface area contributed by atoms with E-state index in [1.165, 1.54) is 0 Å². The van der Waals surface area contributed by atoms with Crippen LogP contribution in [0, 0.1) is 0 Å². The van der Waals surface area contributed by atoms with Crippen molar-refractivity contribution in [2.24, 2.45) is 0 Å². The Bertz CT molecular complexity index is 42.3. The molecule has 40 valence electrons. The number of hydrogen-bond donors (Lipinski definition) is 0. The SMILES string of the molecule is O=[Si]([O-])[O-].[Co+2].[H-].[Li+].[Mn]. The molecule has 7 heteroatoms. The zero-order chi connectivity index (χ0) is 3.58. The minimum atomic E-state index is -3.63. The molecular formula is HCoLiMnO3Si. The van der Waals surface area contributed by atoms with Crippen LogP contribution in [0.3, 0.4) is 0 Å². The van der Waals surface area contributed by atoms with Crippen molar-refractivity contribution in [3.8, 4) is 0 Å². The molecule has 0 amide bonds. The first-order valence-electron chi connectivity index (χ1n) is 0.612. The van der Waals surface area contributed by atoms with Crippen LogP contribution < -0.4 is 28.5 Å². The van der Waals surface area contributed by atoms with E-state index >= 15 is 0 Å². The van der Waals surface area contributed by atoms with E-state index in [2.05, 4.69) is 0 Å². The van der Waals surface area contributed by atoms with Gasteiger partial charge in [0.1, 0.15) is 0 Å². The summed E-state index contributed by atoms with van der Waals surface area (Å²) in [7, 11) is -3.63. The molecule has 3 nitrogen and oxygen atoms in total. The molecule has 0 aliphatic carbocycles. The first kappa shape index (κ1) is 24.0. The summed E-state index contributed by atoms with van der Waals surface area (Å²) in [5.41, 5.74) is 0. The van der Waals surface area contributed by atoms with Gasteiger partial charge in [-0.25, -0.2) is 0 Å². The van der Waals surface area contributed by atoms with Crippen molar-refractivity contribution in [3.05, 3.63) is 0 Å². The fourth-order valence-electron chi connectivity index (χ4n) is 0. The van der Waals surface area contributed by atoms with E-state index < -0.39 is 9.17 Å². The van der Waals surface area contributed by atoms with Crippen molar-refractivity contribution in [1.29, 1.82) is 0 Å². The zero-order valence-electron chi connectivity index (χ0n) is 4.44. The first-order valence-corrected chi connectivity index (χ1v) is 1.84. The molecule has 7 heavy (non-hydrogen) atoms. The third kappa shape index (κ3) is 129. The van der Waals surface area contributed by atoms with Gasteiger partial charge in [-0.1, -0.05) is 0 Å². The van der Waals surface area contributed by atoms with Crippen LogP contribution >= 0.6 is 0 Å². The van der Waals surface area contributed by atoms with Crippen molar-refractivity contribution in [2.75, 3.05) is 0 Å². The fraction of sp³-hybridized carbons (Fsp3) is 0. The van der Waals surface area contributed by atoms with E-state index in [0.29, 0.717) is 0 Å². The van der Waals surface area contributed by atoms with E-state index in [1.807, 2.05) is 0 Å². The van der Waals surface area contributed by atoms with E-state index in [9.17, 15) is 0 Å². The molecule has 0 aromatic carbocycles. The van der Waals surface area contributed by atoms with Crippen LogP contribution in [-0.4, -0.2) is 9.17 Å². The van der Waals surface area contributed by atoms with Crippen LogP contribution in [0.25, 0.3) is 0 Å². The predicted molar refractivity (Wildman–Crippen MR) is 7.55 cm³/mol. The molecular weight excluding hydrogens is 197 g/mol. The van der Waals surface area contributed by atoms with Crippen molar-refractivity contribution in [2.45, 2.75) is 0 Å². The molecule has 2 radical (unpaired) electrons. The molecule has 0 aromatic rings. The van der Waals surface area contributed by atoms with Crippen LogP contribution in [0.1, 0.15) is 1.43 Å². The van der Waals surface area contributed by atoms with Gasteiger partial charge in [0, 0.05) is 26.2 Å².